The van der Waals surface area contributed by atoms with Crippen molar-refractivity contribution in [2.45, 2.75) is 6.54 Å². The van der Waals surface area contributed by atoms with E-state index in [1.807, 2.05) is 10.6 Å². The maximum atomic E-state index is 13.5. The molecule has 0 amide bonds. The standard InChI is InChI=1S/C12H15FN2O2S/c1-16-7-8-17-6-5-15-10-4-2-3-9(13)11(10)14-12(15)18/h2-4H,5-8H2,1H3,(H,14,18). The van der Waals surface area contributed by atoms with Crippen LogP contribution in [0.4, 0.5) is 4.39 Å². The number of hydrogen-bond acceptors (Lipinski definition) is 3. The van der Waals surface area contributed by atoms with Crippen molar-refractivity contribution in [1.82, 2.24) is 9.55 Å². The first-order valence-electron chi connectivity index (χ1n) is 5.67. The Balaban J connectivity index is 2.11. The van der Waals surface area contributed by atoms with Gasteiger partial charge >= 0.3 is 0 Å². The van der Waals surface area contributed by atoms with Crippen LogP contribution in [-0.4, -0.2) is 36.5 Å². The van der Waals surface area contributed by atoms with Crippen LogP contribution in [-0.2, 0) is 16.0 Å². The average molecular weight is 270 g/mol. The molecule has 1 heterocycles. The van der Waals surface area contributed by atoms with Gasteiger partial charge in [-0.15, -0.1) is 0 Å². The molecule has 0 aliphatic rings. The molecule has 0 bridgehead atoms. The van der Waals surface area contributed by atoms with E-state index in [2.05, 4.69) is 4.98 Å². The highest BCUT2D eigenvalue weighted by Gasteiger charge is 2.07. The molecule has 2 rings (SSSR count). The van der Waals surface area contributed by atoms with E-state index < -0.39 is 0 Å². The molecule has 0 fully saturated rings. The van der Waals surface area contributed by atoms with Crippen LogP contribution in [0.2, 0.25) is 0 Å². The van der Waals surface area contributed by atoms with Gasteiger partial charge in [0.15, 0.2) is 4.77 Å². The van der Waals surface area contributed by atoms with E-state index in [0.717, 1.165) is 5.52 Å². The van der Waals surface area contributed by atoms with Crippen molar-refractivity contribution in [2.75, 3.05) is 26.9 Å². The number of aromatic nitrogens is 2. The number of aromatic amines is 1. The van der Waals surface area contributed by atoms with Gasteiger partial charge in [0, 0.05) is 13.7 Å². The number of fused-ring (bicyclic) bond motifs is 1. The van der Waals surface area contributed by atoms with Crippen LogP contribution in [0.5, 0.6) is 0 Å². The zero-order chi connectivity index (χ0) is 13.0. The minimum atomic E-state index is -0.294. The fourth-order valence-corrected chi connectivity index (χ4v) is 2.06. The van der Waals surface area contributed by atoms with Crippen molar-refractivity contribution in [3.63, 3.8) is 0 Å². The Bertz CT molecular complexity index is 579. The third-order valence-electron chi connectivity index (χ3n) is 2.65. The van der Waals surface area contributed by atoms with E-state index in [1.165, 1.54) is 6.07 Å². The molecule has 0 radical (unpaired) electrons. The van der Waals surface area contributed by atoms with Gasteiger partial charge in [0.1, 0.15) is 11.3 Å². The Morgan fingerprint density at radius 1 is 1.33 bits per heavy atom. The Labute approximate surface area is 109 Å². The van der Waals surface area contributed by atoms with E-state index in [4.69, 9.17) is 21.7 Å². The lowest BCUT2D eigenvalue weighted by Gasteiger charge is -2.05. The summed E-state index contributed by atoms with van der Waals surface area (Å²) in [5.74, 6) is -0.294. The molecule has 0 aliphatic heterocycles. The monoisotopic (exact) mass is 270 g/mol. The smallest absolute Gasteiger partial charge is 0.178 e. The highest BCUT2D eigenvalue weighted by Crippen LogP contribution is 2.17. The van der Waals surface area contributed by atoms with E-state index in [-0.39, 0.29) is 5.82 Å². The third kappa shape index (κ3) is 2.77. The summed E-state index contributed by atoms with van der Waals surface area (Å²) < 4.78 is 26.1. The van der Waals surface area contributed by atoms with E-state index >= 15 is 0 Å². The van der Waals surface area contributed by atoms with E-state index in [9.17, 15) is 4.39 Å². The Morgan fingerprint density at radius 3 is 2.94 bits per heavy atom. The van der Waals surface area contributed by atoms with Crippen LogP contribution in [0.15, 0.2) is 18.2 Å². The number of hydrogen-bond donors (Lipinski definition) is 1. The fourth-order valence-electron chi connectivity index (χ4n) is 1.77. The van der Waals surface area contributed by atoms with E-state index in [1.54, 1.807) is 13.2 Å². The average Bonchev–Trinajstić information content (AvgIpc) is 2.68. The minimum Gasteiger partial charge on any atom is -0.382 e. The summed E-state index contributed by atoms with van der Waals surface area (Å²) >= 11 is 5.17. The van der Waals surface area contributed by atoms with Crippen LogP contribution in [0.1, 0.15) is 0 Å². The van der Waals surface area contributed by atoms with Crippen LogP contribution in [0.3, 0.4) is 0 Å². The lowest BCUT2D eigenvalue weighted by Crippen LogP contribution is -2.09. The summed E-state index contributed by atoms with van der Waals surface area (Å²) in [5, 5.41) is 0. The van der Waals surface area contributed by atoms with Gasteiger partial charge in [-0.2, -0.15) is 0 Å². The number of ether oxygens (including phenoxy) is 2. The van der Waals surface area contributed by atoms with Crippen molar-refractivity contribution in [3.05, 3.63) is 28.8 Å². The molecule has 4 nitrogen and oxygen atoms in total. The Kier molecular flexibility index (Phi) is 4.46. The maximum Gasteiger partial charge on any atom is 0.178 e. The molecule has 18 heavy (non-hydrogen) atoms. The third-order valence-corrected chi connectivity index (χ3v) is 2.97. The summed E-state index contributed by atoms with van der Waals surface area (Å²) in [5.41, 5.74) is 1.20. The molecule has 0 aliphatic carbocycles. The van der Waals surface area contributed by atoms with Gasteiger partial charge < -0.3 is 19.0 Å². The number of rotatable bonds is 6. The maximum absolute atomic E-state index is 13.5. The van der Waals surface area contributed by atoms with Gasteiger partial charge in [-0.05, 0) is 24.4 Å². The number of imidazole rings is 1. The summed E-state index contributed by atoms with van der Waals surface area (Å²) in [4.78, 5) is 2.87. The summed E-state index contributed by atoms with van der Waals surface area (Å²) in [6.07, 6.45) is 0. The second-order valence-electron chi connectivity index (χ2n) is 3.82. The molecular weight excluding hydrogens is 255 g/mol. The highest BCUT2D eigenvalue weighted by molar-refractivity contribution is 7.71. The number of para-hydroxylation sites is 1. The van der Waals surface area contributed by atoms with Crippen LogP contribution in [0, 0.1) is 10.6 Å². The van der Waals surface area contributed by atoms with Crippen molar-refractivity contribution in [3.8, 4) is 0 Å². The normalized spacial score (nSPS) is 11.2. The molecule has 1 N–H and O–H groups in total. The quantitative estimate of drug-likeness (QED) is 0.647. The summed E-state index contributed by atoms with van der Waals surface area (Å²) in [6.45, 7) is 2.21. The molecule has 0 saturated heterocycles. The molecule has 2 aromatic rings. The van der Waals surface area contributed by atoms with Gasteiger partial charge in [-0.25, -0.2) is 4.39 Å². The largest absolute Gasteiger partial charge is 0.382 e. The number of methoxy groups -OCH3 is 1. The lowest BCUT2D eigenvalue weighted by molar-refractivity contribution is 0.0668. The second kappa shape index (κ2) is 6.08. The predicted molar refractivity (Wildman–Crippen MR) is 69.8 cm³/mol. The number of H-pyrrole nitrogens is 1. The molecule has 6 heteroatoms. The summed E-state index contributed by atoms with van der Waals surface area (Å²) in [7, 11) is 1.63. The second-order valence-corrected chi connectivity index (χ2v) is 4.21. The number of nitrogens with one attached hydrogen (secondary N) is 1. The number of nitrogens with zero attached hydrogens (tertiary/aromatic N) is 1. The molecule has 1 aromatic heterocycles. The molecule has 0 atom stereocenters. The first kappa shape index (κ1) is 13.2. The Hall–Kier alpha value is -1.24. The van der Waals surface area contributed by atoms with Crippen LogP contribution < -0.4 is 0 Å². The zero-order valence-electron chi connectivity index (χ0n) is 10.1. The Morgan fingerprint density at radius 2 is 2.17 bits per heavy atom. The first-order chi connectivity index (χ1) is 8.74. The SMILES string of the molecule is COCCOCCn1c(=S)[nH]c2c(F)cccc21. The van der Waals surface area contributed by atoms with Crippen LogP contribution in [0.25, 0.3) is 11.0 Å². The van der Waals surface area contributed by atoms with E-state index in [0.29, 0.717) is 36.7 Å². The molecule has 1 aromatic carbocycles. The highest BCUT2D eigenvalue weighted by atomic mass is 32.1. The number of benzene rings is 1. The topological polar surface area (TPSA) is 39.2 Å². The zero-order valence-corrected chi connectivity index (χ0v) is 10.9. The summed E-state index contributed by atoms with van der Waals surface area (Å²) in [6, 6.07) is 4.91. The van der Waals surface area contributed by atoms with Gasteiger partial charge in [0.2, 0.25) is 0 Å². The molecule has 0 saturated carbocycles. The van der Waals surface area contributed by atoms with Crippen LogP contribution >= 0.6 is 12.2 Å². The molecule has 0 unspecified atom stereocenters. The van der Waals surface area contributed by atoms with Crippen molar-refractivity contribution in [1.29, 1.82) is 0 Å². The van der Waals surface area contributed by atoms with Gasteiger partial charge in [-0.1, -0.05) is 6.07 Å². The predicted octanol–water partition coefficient (Wildman–Crippen LogP) is 2.50. The van der Waals surface area contributed by atoms with Crippen molar-refractivity contribution < 1.29 is 13.9 Å². The number of halogens is 1. The van der Waals surface area contributed by atoms with Gasteiger partial charge in [0.05, 0.1) is 25.3 Å². The molecular formula is C12H15FN2O2S. The van der Waals surface area contributed by atoms with Crippen molar-refractivity contribution in [2.24, 2.45) is 0 Å². The lowest BCUT2D eigenvalue weighted by atomic mass is 10.3. The van der Waals surface area contributed by atoms with Gasteiger partial charge in [-0.3, -0.25) is 0 Å². The van der Waals surface area contributed by atoms with Gasteiger partial charge in [0.25, 0.3) is 0 Å². The molecule has 98 valence electrons. The molecule has 0 spiro atoms. The fraction of sp³-hybridized carbons (Fsp3) is 0.417. The first-order valence-corrected chi connectivity index (χ1v) is 6.08. The van der Waals surface area contributed by atoms with Crippen molar-refractivity contribution >= 4 is 23.3 Å². The minimum absolute atomic E-state index is 0.294.